The van der Waals surface area contributed by atoms with E-state index in [2.05, 4.69) is 30.6 Å². The molecular formula is C22H26FN7O2. The van der Waals surface area contributed by atoms with E-state index in [1.807, 2.05) is 17.9 Å². The average Bonchev–Trinajstić information content (AvgIpc) is 2.80. The summed E-state index contributed by atoms with van der Waals surface area (Å²) in [5, 5.41) is 26.2. The summed E-state index contributed by atoms with van der Waals surface area (Å²) < 4.78 is 13.3. The van der Waals surface area contributed by atoms with E-state index >= 15 is 0 Å². The fourth-order valence-electron chi connectivity index (χ4n) is 3.56. The highest BCUT2D eigenvalue weighted by Crippen LogP contribution is 2.28. The van der Waals surface area contributed by atoms with E-state index < -0.39 is 5.60 Å². The molecule has 0 bridgehead atoms. The number of anilines is 4. The molecule has 0 radical (unpaired) electrons. The van der Waals surface area contributed by atoms with Crippen molar-refractivity contribution in [2.45, 2.75) is 31.4 Å². The van der Waals surface area contributed by atoms with Crippen molar-refractivity contribution in [3.8, 4) is 0 Å². The topological polar surface area (TPSA) is 119 Å². The number of nitrogens with one attached hydrogen (secondary N) is 2. The minimum absolute atomic E-state index is 0.156. The van der Waals surface area contributed by atoms with Crippen LogP contribution in [0.5, 0.6) is 0 Å². The first-order valence-electron chi connectivity index (χ1n) is 10.5. The Kier molecular flexibility index (Phi) is 6.42. The van der Waals surface area contributed by atoms with Crippen LogP contribution in [0.3, 0.4) is 0 Å². The maximum absolute atomic E-state index is 13.3. The molecule has 0 saturated carbocycles. The van der Waals surface area contributed by atoms with Crippen molar-refractivity contribution in [3.63, 3.8) is 0 Å². The molecule has 168 valence electrons. The molecule has 1 aromatic carbocycles. The molecule has 1 atom stereocenters. The molecule has 1 aliphatic rings. The number of aliphatic hydroxyl groups is 2. The van der Waals surface area contributed by atoms with Crippen molar-refractivity contribution in [1.82, 2.24) is 19.9 Å². The van der Waals surface area contributed by atoms with Gasteiger partial charge in [-0.2, -0.15) is 9.97 Å². The molecular weight excluding hydrogens is 413 g/mol. The molecule has 9 nitrogen and oxygen atoms in total. The van der Waals surface area contributed by atoms with Crippen LogP contribution in [-0.2, 0) is 0 Å². The van der Waals surface area contributed by atoms with Crippen LogP contribution < -0.4 is 15.5 Å². The Morgan fingerprint density at radius 1 is 1.12 bits per heavy atom. The predicted octanol–water partition coefficient (Wildman–Crippen LogP) is 2.65. The Morgan fingerprint density at radius 3 is 2.53 bits per heavy atom. The van der Waals surface area contributed by atoms with Crippen LogP contribution in [0, 0.1) is 5.82 Å². The highest BCUT2D eigenvalue weighted by Gasteiger charge is 2.32. The number of rotatable bonds is 7. The summed E-state index contributed by atoms with van der Waals surface area (Å²) in [6, 6.07) is 7.93. The Bertz CT molecular complexity index is 1030. The maximum atomic E-state index is 13.3. The van der Waals surface area contributed by atoms with Gasteiger partial charge in [-0.3, -0.25) is 4.98 Å². The molecule has 0 aliphatic carbocycles. The van der Waals surface area contributed by atoms with Crippen molar-refractivity contribution in [2.24, 2.45) is 0 Å². The van der Waals surface area contributed by atoms with Gasteiger partial charge in [0.1, 0.15) is 23.3 Å². The van der Waals surface area contributed by atoms with Crippen LogP contribution in [0.4, 0.5) is 27.8 Å². The molecule has 0 amide bonds. The summed E-state index contributed by atoms with van der Waals surface area (Å²) >= 11 is 0. The summed E-state index contributed by atoms with van der Waals surface area (Å²) in [4.78, 5) is 19.6. The lowest BCUT2D eigenvalue weighted by Crippen LogP contribution is -2.47. The first-order valence-corrected chi connectivity index (χ1v) is 10.5. The number of benzene rings is 1. The van der Waals surface area contributed by atoms with Crippen LogP contribution in [0.2, 0.25) is 0 Å². The number of aliphatic hydroxyl groups excluding tert-OH is 1. The van der Waals surface area contributed by atoms with Gasteiger partial charge in [0.15, 0.2) is 0 Å². The largest absolute Gasteiger partial charge is 0.393 e. The second kappa shape index (κ2) is 9.41. The lowest BCUT2D eigenvalue weighted by Gasteiger charge is -2.37. The Hall–Kier alpha value is -3.37. The Morgan fingerprint density at radius 2 is 1.88 bits per heavy atom. The van der Waals surface area contributed by atoms with Crippen molar-refractivity contribution < 1.29 is 14.6 Å². The van der Waals surface area contributed by atoms with E-state index in [-0.39, 0.29) is 18.5 Å². The van der Waals surface area contributed by atoms with Gasteiger partial charge in [-0.1, -0.05) is 12.1 Å². The molecule has 3 heterocycles. The molecule has 10 heteroatoms. The van der Waals surface area contributed by atoms with Crippen molar-refractivity contribution in [3.05, 3.63) is 60.3 Å². The van der Waals surface area contributed by atoms with E-state index in [1.165, 1.54) is 12.1 Å². The fraction of sp³-hybridized carbons (Fsp3) is 0.364. The number of hydrogen-bond acceptors (Lipinski definition) is 9. The van der Waals surface area contributed by atoms with Crippen molar-refractivity contribution >= 4 is 23.4 Å². The smallest absolute Gasteiger partial charge is 0.227 e. The van der Waals surface area contributed by atoms with Gasteiger partial charge in [0.05, 0.1) is 24.4 Å². The van der Waals surface area contributed by atoms with Gasteiger partial charge in [0.25, 0.3) is 0 Å². The molecule has 4 N–H and O–H groups in total. The van der Waals surface area contributed by atoms with Gasteiger partial charge < -0.3 is 25.7 Å². The second-order valence-corrected chi connectivity index (χ2v) is 7.94. The first kappa shape index (κ1) is 21.8. The minimum atomic E-state index is -1.05. The number of hydrogen-bond donors (Lipinski definition) is 4. The summed E-state index contributed by atoms with van der Waals surface area (Å²) in [5.41, 5.74) is -0.155. The van der Waals surface area contributed by atoms with Gasteiger partial charge in [-0.25, -0.2) is 9.37 Å². The Labute approximate surface area is 185 Å². The van der Waals surface area contributed by atoms with Gasteiger partial charge >= 0.3 is 0 Å². The number of nitrogens with zero attached hydrogens (tertiary/aromatic N) is 5. The van der Waals surface area contributed by atoms with Crippen molar-refractivity contribution in [1.29, 1.82) is 0 Å². The molecule has 2 aromatic heterocycles. The minimum Gasteiger partial charge on any atom is -0.393 e. The quantitative estimate of drug-likeness (QED) is 0.440. The lowest BCUT2D eigenvalue weighted by molar-refractivity contribution is -0.0326. The Balaban J connectivity index is 1.59. The van der Waals surface area contributed by atoms with Crippen LogP contribution >= 0.6 is 0 Å². The lowest BCUT2D eigenvalue weighted by atomic mass is 9.92. The van der Waals surface area contributed by atoms with Gasteiger partial charge in [-0.05, 0) is 37.5 Å². The average molecular weight is 439 g/mol. The third-order valence-electron chi connectivity index (χ3n) is 5.56. The fourth-order valence-corrected chi connectivity index (χ4v) is 3.56. The summed E-state index contributed by atoms with van der Waals surface area (Å²) in [6.45, 7) is 2.78. The zero-order valence-corrected chi connectivity index (χ0v) is 17.7. The van der Waals surface area contributed by atoms with Crippen molar-refractivity contribution in [2.75, 3.05) is 35.2 Å². The first-order chi connectivity index (χ1) is 15.4. The SMILES string of the molecule is CC(Nc1nc(Nc2cnccn2)cc(N2CCC(O)(CO)CC2)n1)c1ccc(F)cc1. The molecule has 3 aromatic rings. The summed E-state index contributed by atoms with van der Waals surface area (Å²) in [6.07, 6.45) is 5.65. The third-order valence-corrected chi connectivity index (χ3v) is 5.56. The number of halogens is 1. The highest BCUT2D eigenvalue weighted by molar-refractivity contribution is 5.59. The monoisotopic (exact) mass is 439 g/mol. The normalized spacial score (nSPS) is 16.4. The zero-order chi connectivity index (χ0) is 22.6. The van der Waals surface area contributed by atoms with Gasteiger partial charge in [0.2, 0.25) is 5.95 Å². The van der Waals surface area contributed by atoms with Crippen LogP contribution in [0.1, 0.15) is 31.4 Å². The second-order valence-electron chi connectivity index (χ2n) is 7.94. The van der Waals surface area contributed by atoms with Crippen LogP contribution in [0.25, 0.3) is 0 Å². The molecule has 1 fully saturated rings. The third kappa shape index (κ3) is 5.27. The predicted molar refractivity (Wildman–Crippen MR) is 119 cm³/mol. The molecule has 1 aliphatic heterocycles. The summed E-state index contributed by atoms with van der Waals surface area (Å²) in [7, 11) is 0. The van der Waals surface area contributed by atoms with E-state index in [0.717, 1.165) is 5.56 Å². The van der Waals surface area contributed by atoms with Gasteiger partial charge in [0, 0.05) is 31.5 Å². The van der Waals surface area contributed by atoms with Crippen LogP contribution in [-0.4, -0.2) is 55.4 Å². The standard InChI is InChI=1S/C22H26FN7O2/c1-15(16-2-4-17(23)5-3-16)26-21-28-18(27-19-13-24-8-9-25-19)12-20(29-21)30-10-6-22(32,14-31)7-11-30/h2-5,8-9,12-13,15,31-32H,6-7,10-11,14H2,1H3,(H2,25,26,27,28,29). The van der Waals surface area contributed by atoms with E-state index in [4.69, 9.17) is 0 Å². The van der Waals surface area contributed by atoms with E-state index in [0.29, 0.717) is 49.3 Å². The maximum Gasteiger partial charge on any atom is 0.227 e. The van der Waals surface area contributed by atoms with Crippen LogP contribution in [0.15, 0.2) is 48.9 Å². The molecule has 0 spiro atoms. The zero-order valence-electron chi connectivity index (χ0n) is 17.7. The number of piperidine rings is 1. The molecule has 32 heavy (non-hydrogen) atoms. The summed E-state index contributed by atoms with van der Waals surface area (Å²) in [5.74, 6) is 1.87. The van der Waals surface area contributed by atoms with Gasteiger partial charge in [-0.15, -0.1) is 0 Å². The molecule has 4 rings (SSSR count). The van der Waals surface area contributed by atoms with E-state index in [9.17, 15) is 14.6 Å². The highest BCUT2D eigenvalue weighted by atomic mass is 19.1. The van der Waals surface area contributed by atoms with E-state index in [1.54, 1.807) is 30.7 Å². The molecule has 1 unspecified atom stereocenters. The molecule has 1 saturated heterocycles. The number of aromatic nitrogens is 4.